The maximum atomic E-state index is 12.1. The summed E-state index contributed by atoms with van der Waals surface area (Å²) in [4.78, 5) is 21.7. The van der Waals surface area contributed by atoms with Crippen LogP contribution in [0.4, 0.5) is 0 Å². The third kappa shape index (κ3) is 3.98. The monoisotopic (exact) mass is 465 g/mol. The fourth-order valence-corrected chi connectivity index (χ4v) is 7.80. The topological polar surface area (TPSA) is 83.8 Å². The largest absolute Gasteiger partial charge is 0.390 e. The number of hydrogen-bond acceptors (Lipinski definition) is 5. The van der Waals surface area contributed by atoms with Crippen LogP contribution in [0.1, 0.15) is 77.8 Å². The Labute approximate surface area is 203 Å². The first kappa shape index (κ1) is 23.5. The van der Waals surface area contributed by atoms with E-state index in [1.165, 1.54) is 24.8 Å². The molecule has 0 spiro atoms. The Kier molecular flexibility index (Phi) is 6.07. The molecule has 0 bridgehead atoms. The Morgan fingerprint density at radius 1 is 1.15 bits per heavy atom. The molecule has 6 heteroatoms. The van der Waals surface area contributed by atoms with E-state index in [0.29, 0.717) is 24.3 Å². The maximum Gasteiger partial charge on any atom is 0.261 e. The lowest BCUT2D eigenvalue weighted by Crippen LogP contribution is -2.53. The number of nitrogens with one attached hydrogen (secondary N) is 1. The van der Waals surface area contributed by atoms with Crippen LogP contribution in [0.5, 0.6) is 0 Å². The summed E-state index contributed by atoms with van der Waals surface area (Å²) in [5, 5.41) is 18.2. The number of oxime groups is 1. The van der Waals surface area contributed by atoms with Gasteiger partial charge < -0.3 is 15.3 Å². The lowest BCUT2D eigenvalue weighted by atomic mass is 9.46. The molecule has 6 nitrogen and oxygen atoms in total. The van der Waals surface area contributed by atoms with Crippen LogP contribution in [0, 0.1) is 28.6 Å². The van der Waals surface area contributed by atoms with Crippen molar-refractivity contribution in [1.29, 1.82) is 0 Å². The van der Waals surface area contributed by atoms with Crippen molar-refractivity contribution in [3.63, 3.8) is 0 Å². The van der Waals surface area contributed by atoms with Gasteiger partial charge in [-0.05, 0) is 105 Å². The van der Waals surface area contributed by atoms with Gasteiger partial charge in [0, 0.05) is 6.20 Å². The molecule has 1 amide bonds. The molecule has 4 aliphatic rings. The molecule has 184 valence electrons. The number of pyridine rings is 1. The predicted octanol–water partition coefficient (Wildman–Crippen LogP) is 4.78. The number of aromatic nitrogens is 1. The molecule has 5 rings (SSSR count). The van der Waals surface area contributed by atoms with E-state index >= 15 is 0 Å². The van der Waals surface area contributed by atoms with E-state index in [1.807, 2.05) is 18.2 Å². The standard InChI is InChI=1S/C28H39N3O3/c1-26-12-9-20(31-34-18-25(32)30-17-21-6-4-5-15-29-21)16-19(26)7-8-22-23(26)10-13-27(2)24(22)11-14-28(27,3)33/h4-6,15-16,22-24,33H,7-14,17-18H2,1-3H3,(H,30,32)/t22-,23-,24-,26-,27+,28-/m0/s1. The number of carbonyl (C=O) groups is 1. The van der Waals surface area contributed by atoms with Gasteiger partial charge in [0.25, 0.3) is 5.91 Å². The van der Waals surface area contributed by atoms with Gasteiger partial charge in [-0.1, -0.05) is 30.6 Å². The average Bonchev–Trinajstić information content (AvgIpc) is 3.07. The van der Waals surface area contributed by atoms with Crippen molar-refractivity contribution >= 4 is 11.6 Å². The number of aliphatic hydroxyl groups is 1. The number of fused-ring (bicyclic) bond motifs is 5. The summed E-state index contributed by atoms with van der Waals surface area (Å²) in [6.07, 6.45) is 12.7. The Hall–Kier alpha value is -2.21. The maximum absolute atomic E-state index is 12.1. The van der Waals surface area contributed by atoms with Crippen LogP contribution >= 0.6 is 0 Å². The molecule has 0 aliphatic heterocycles. The molecule has 1 aromatic rings. The second-order valence-corrected chi connectivity index (χ2v) is 11.7. The van der Waals surface area contributed by atoms with Crippen LogP contribution in [-0.2, 0) is 16.2 Å². The molecule has 0 unspecified atom stereocenters. The van der Waals surface area contributed by atoms with Crippen molar-refractivity contribution < 1.29 is 14.7 Å². The first-order valence-electron chi connectivity index (χ1n) is 13.0. The predicted molar refractivity (Wildman–Crippen MR) is 132 cm³/mol. The summed E-state index contributed by atoms with van der Waals surface area (Å²) < 4.78 is 0. The van der Waals surface area contributed by atoms with Gasteiger partial charge in [0.2, 0.25) is 0 Å². The summed E-state index contributed by atoms with van der Waals surface area (Å²) in [5.74, 6) is 1.86. The van der Waals surface area contributed by atoms with Crippen LogP contribution < -0.4 is 5.32 Å². The number of rotatable bonds is 5. The van der Waals surface area contributed by atoms with Gasteiger partial charge in [0.05, 0.1) is 23.6 Å². The molecule has 1 aromatic heterocycles. The third-order valence-electron chi connectivity index (χ3n) is 10.1. The van der Waals surface area contributed by atoms with Gasteiger partial charge in [0.15, 0.2) is 6.61 Å². The average molecular weight is 466 g/mol. The third-order valence-corrected chi connectivity index (χ3v) is 10.1. The van der Waals surface area contributed by atoms with Crippen LogP contribution in [0.3, 0.4) is 0 Å². The van der Waals surface area contributed by atoms with Crippen molar-refractivity contribution in [2.45, 2.75) is 84.3 Å². The highest BCUT2D eigenvalue weighted by Crippen LogP contribution is 2.67. The quantitative estimate of drug-likeness (QED) is 0.613. The lowest BCUT2D eigenvalue weighted by molar-refractivity contribution is -0.125. The molecule has 0 aromatic carbocycles. The molecule has 3 fully saturated rings. The van der Waals surface area contributed by atoms with E-state index in [2.05, 4.69) is 42.3 Å². The Bertz CT molecular complexity index is 988. The SMILES string of the molecule is C[C@]12CCC(=NOCC(=O)NCc3ccccn3)C=C1CC[C@H]1[C@@H]2CC[C@]2(C)[C@H]1CC[C@]2(C)O. The fraction of sp³-hybridized carbons (Fsp3) is 0.679. The van der Waals surface area contributed by atoms with E-state index in [9.17, 15) is 9.90 Å². The summed E-state index contributed by atoms with van der Waals surface area (Å²) in [5.41, 5.74) is 3.05. The molecular formula is C28H39N3O3. The molecule has 4 aliphatic carbocycles. The van der Waals surface area contributed by atoms with Gasteiger partial charge in [-0.15, -0.1) is 0 Å². The minimum absolute atomic E-state index is 0.0675. The molecular weight excluding hydrogens is 426 g/mol. The Morgan fingerprint density at radius 2 is 1.97 bits per heavy atom. The molecule has 0 radical (unpaired) electrons. The van der Waals surface area contributed by atoms with Crippen LogP contribution in [-0.4, -0.2) is 33.9 Å². The fourth-order valence-electron chi connectivity index (χ4n) is 7.80. The van der Waals surface area contributed by atoms with Crippen molar-refractivity contribution in [3.05, 3.63) is 41.7 Å². The zero-order chi connectivity index (χ0) is 24.0. The van der Waals surface area contributed by atoms with Crippen molar-refractivity contribution in [2.75, 3.05) is 6.61 Å². The van der Waals surface area contributed by atoms with E-state index in [0.717, 1.165) is 43.5 Å². The lowest BCUT2D eigenvalue weighted by Gasteiger charge is -2.59. The van der Waals surface area contributed by atoms with Crippen LogP contribution in [0.15, 0.2) is 41.2 Å². The van der Waals surface area contributed by atoms with Gasteiger partial charge >= 0.3 is 0 Å². The number of nitrogens with zero attached hydrogens (tertiary/aromatic N) is 2. The Morgan fingerprint density at radius 3 is 2.76 bits per heavy atom. The highest BCUT2D eigenvalue weighted by molar-refractivity contribution is 5.96. The van der Waals surface area contributed by atoms with E-state index in [1.54, 1.807) is 6.20 Å². The number of carbonyl (C=O) groups excluding carboxylic acids is 1. The molecule has 2 N–H and O–H groups in total. The number of amides is 1. The molecule has 3 saturated carbocycles. The van der Waals surface area contributed by atoms with Crippen LogP contribution in [0.25, 0.3) is 0 Å². The molecule has 1 heterocycles. The van der Waals surface area contributed by atoms with E-state index < -0.39 is 5.60 Å². The van der Waals surface area contributed by atoms with Crippen molar-refractivity contribution in [3.8, 4) is 0 Å². The minimum Gasteiger partial charge on any atom is -0.390 e. The smallest absolute Gasteiger partial charge is 0.261 e. The second kappa shape index (κ2) is 8.78. The summed E-state index contributed by atoms with van der Waals surface area (Å²) in [6.45, 7) is 7.20. The van der Waals surface area contributed by atoms with Gasteiger partial charge in [0.1, 0.15) is 0 Å². The van der Waals surface area contributed by atoms with Crippen LogP contribution in [0.2, 0.25) is 0 Å². The number of hydrogen-bond donors (Lipinski definition) is 2. The van der Waals surface area contributed by atoms with Gasteiger partial charge in [-0.2, -0.15) is 0 Å². The Balaban J connectivity index is 1.20. The zero-order valence-electron chi connectivity index (χ0n) is 20.8. The summed E-state index contributed by atoms with van der Waals surface area (Å²) in [7, 11) is 0. The molecule has 6 atom stereocenters. The minimum atomic E-state index is -0.521. The molecule has 0 saturated heterocycles. The van der Waals surface area contributed by atoms with E-state index in [-0.39, 0.29) is 23.3 Å². The summed E-state index contributed by atoms with van der Waals surface area (Å²) in [6, 6.07) is 5.63. The summed E-state index contributed by atoms with van der Waals surface area (Å²) >= 11 is 0. The first-order valence-corrected chi connectivity index (χ1v) is 13.0. The second-order valence-electron chi connectivity index (χ2n) is 11.7. The van der Waals surface area contributed by atoms with E-state index in [4.69, 9.17) is 4.84 Å². The number of allylic oxidation sites excluding steroid dienone is 2. The van der Waals surface area contributed by atoms with Gasteiger partial charge in [-0.3, -0.25) is 9.78 Å². The normalized spacial score (nSPS) is 40.1. The van der Waals surface area contributed by atoms with Crippen molar-refractivity contribution in [1.82, 2.24) is 10.3 Å². The zero-order valence-corrected chi connectivity index (χ0v) is 20.8. The first-order chi connectivity index (χ1) is 16.2. The highest BCUT2D eigenvalue weighted by Gasteiger charge is 2.62. The van der Waals surface area contributed by atoms with Gasteiger partial charge in [-0.25, -0.2) is 0 Å². The molecule has 34 heavy (non-hydrogen) atoms. The highest BCUT2D eigenvalue weighted by atomic mass is 16.6. The van der Waals surface area contributed by atoms with Crippen molar-refractivity contribution in [2.24, 2.45) is 33.7 Å².